The van der Waals surface area contributed by atoms with Crippen LogP contribution in [0.5, 0.6) is 46.0 Å². The molecule has 7 heterocycles. The van der Waals surface area contributed by atoms with E-state index in [0.717, 1.165) is 87.2 Å². The number of hydrogen-bond donors (Lipinski definition) is 19. The molecule has 0 aliphatic carbocycles. The Hall–Kier alpha value is -13.0. The first-order valence-electron chi connectivity index (χ1n) is 42.8. The van der Waals surface area contributed by atoms with Crippen molar-refractivity contribution in [2.75, 3.05) is 7.05 Å². The van der Waals surface area contributed by atoms with Crippen molar-refractivity contribution in [1.82, 2.24) is 47.6 Å². The number of carbonyl (C=O) groups excluding carboxylic acids is 7. The molecule has 11 bridgehead atoms. The molecule has 7 amide bonds. The molecular formula is C97H97Cl3N10O23P+. The molecule has 0 aromatic heterocycles. The molecule has 33 nitrogen and oxygen atoms in total. The van der Waals surface area contributed by atoms with Gasteiger partial charge in [-0.2, -0.15) is 0 Å². The molecule has 0 radical (unpaired) electrons. The maximum Gasteiger partial charge on any atom is 0.330 e. The monoisotopic (exact) mass is 1910 g/mol. The lowest BCUT2D eigenvalue weighted by Crippen LogP contribution is -2.64. The standard InChI is InChI=1S/C97H96Cl3N10O23P/c1-47(2)35-65(102-5)89(120)109-80-82(115)53-28-33-69(63(99)37-53)129-71-39-55-40-72(130-70-34-29-54(38-64(70)100)83(116)81-94(125)108-79(95(126)127)62-41-57(111)42-68(113)76(62)61-36-52(27-32-67(61)112)77(91(122)110-81)107-92(123)78(55)106-90(121)66(43-74(101)114)105-93(80)124)86(71)133-96-87(132-75-44-97(4,88(119)48(3)128-75)103-45-49-21-23-50(24-22-49)51-25-30-56(98)31-26-51)85(118)84(117)73(131-96)46-104-134(58-15-9-6-10-16-58,59-17-11-7-12-18-59)60-19-13-8-14-20-60/h6-34,36-42,46-48,65-66,75,77-85,87-88,96,102-104,115-119H,35,43-45H2,1-5H3,(H11-,101,105,106,107,108,109,110,111,112,113,114,120,121,122,123,124,125,126,127)/p+1/t48?,65-,66-,75?,77?,78?,79+,80+,81-,82+,83+,84?,85?,87?,88?,96?,97?/m0/s1. The fraction of sp³-hybridized carbons (Fsp3) is 0.278. The van der Waals surface area contributed by atoms with Gasteiger partial charge in [0.25, 0.3) is 6.29 Å². The Balaban J connectivity index is 0.942. The number of phenolic OH excluding ortho intramolecular Hbond substituents is 3. The van der Waals surface area contributed by atoms with Crippen molar-refractivity contribution in [2.45, 2.75) is 157 Å². The molecule has 134 heavy (non-hydrogen) atoms. The molecule has 17 rings (SSSR count). The summed E-state index contributed by atoms with van der Waals surface area (Å²) >= 11 is 20.9. The van der Waals surface area contributed by atoms with E-state index in [-0.39, 0.29) is 58.5 Å². The zero-order valence-corrected chi connectivity index (χ0v) is 75.6. The number of nitrogens with two attached hydrogens (primary N) is 1. The van der Waals surface area contributed by atoms with E-state index in [0.29, 0.717) is 5.02 Å². The van der Waals surface area contributed by atoms with Gasteiger partial charge < -0.3 is 123 Å². The normalized spacial score (nSPS) is 24.8. The minimum absolute atomic E-state index is 0.119. The Morgan fingerprint density at radius 2 is 1.17 bits per heavy atom. The summed E-state index contributed by atoms with van der Waals surface area (Å²) in [5.74, 6) is -16.4. The highest BCUT2D eigenvalue weighted by Gasteiger charge is 2.53. The van der Waals surface area contributed by atoms with Gasteiger partial charge in [-0.1, -0.05) is 158 Å². The largest absolute Gasteiger partial charge is 0.508 e. The van der Waals surface area contributed by atoms with E-state index in [1.807, 2.05) is 141 Å². The minimum Gasteiger partial charge on any atom is -0.508 e. The first-order chi connectivity index (χ1) is 64.1. The number of rotatable bonds is 21. The predicted octanol–water partition coefficient (Wildman–Crippen LogP) is 8.24. The number of likely N-dealkylation sites (N-methyl/N-ethyl adjacent to an activating group) is 1. The molecule has 37 heteroatoms. The number of carboxylic acids is 1. The van der Waals surface area contributed by atoms with Crippen LogP contribution >= 0.6 is 42.2 Å². The quantitative estimate of drug-likeness (QED) is 0.0301. The summed E-state index contributed by atoms with van der Waals surface area (Å²) in [6, 6.07) is 43.0. The number of ether oxygens (including phenoxy) is 6. The Labute approximate surface area is 783 Å². The first kappa shape index (κ1) is 95.6. The van der Waals surface area contributed by atoms with Crippen LogP contribution in [-0.2, 0) is 59.1 Å². The highest BCUT2D eigenvalue weighted by atomic mass is 35.5. The molecule has 7 aliphatic rings. The van der Waals surface area contributed by atoms with Gasteiger partial charge in [0.2, 0.25) is 47.1 Å². The second-order valence-electron chi connectivity index (χ2n) is 33.8. The molecule has 0 saturated carbocycles. The number of aliphatic hydroxyl groups is 5. The average Bonchev–Trinajstić information content (AvgIpc) is 0.755. The van der Waals surface area contributed by atoms with E-state index < -0.39 is 232 Å². The van der Waals surface area contributed by atoms with E-state index in [1.165, 1.54) is 37.5 Å². The summed E-state index contributed by atoms with van der Waals surface area (Å²) in [5, 5.41) is 136. The van der Waals surface area contributed by atoms with E-state index in [1.54, 1.807) is 26.0 Å². The smallest absolute Gasteiger partial charge is 0.330 e. The van der Waals surface area contributed by atoms with Crippen LogP contribution in [0.2, 0.25) is 15.1 Å². The van der Waals surface area contributed by atoms with Crippen LogP contribution in [0.3, 0.4) is 0 Å². The molecule has 2 saturated heterocycles. The Morgan fingerprint density at radius 1 is 0.612 bits per heavy atom. The van der Waals surface area contributed by atoms with Gasteiger partial charge in [-0.05, 0) is 175 Å². The molecule has 0 spiro atoms. The average molecular weight is 1910 g/mol. The van der Waals surface area contributed by atoms with Gasteiger partial charge in [-0.15, -0.1) is 0 Å². The van der Waals surface area contributed by atoms with Crippen molar-refractivity contribution in [3.8, 4) is 68.2 Å². The summed E-state index contributed by atoms with van der Waals surface area (Å²) in [7, 11) is -1.68. The highest BCUT2D eigenvalue weighted by Crippen LogP contribution is 2.54. The van der Waals surface area contributed by atoms with E-state index >= 15 is 24.0 Å². The van der Waals surface area contributed by atoms with Gasteiger partial charge in [0, 0.05) is 46.3 Å². The van der Waals surface area contributed by atoms with E-state index in [9.17, 15) is 60.3 Å². The fourth-order valence-corrected chi connectivity index (χ4v) is 21.1. The third kappa shape index (κ3) is 20.4. The molecular weight excluding hydrogens is 1810 g/mol. The van der Waals surface area contributed by atoms with Crippen molar-refractivity contribution in [3.63, 3.8) is 0 Å². The third-order valence-corrected chi connectivity index (χ3v) is 28.6. The summed E-state index contributed by atoms with van der Waals surface area (Å²) in [5.41, 5.74) is 4.40. The van der Waals surface area contributed by atoms with Crippen molar-refractivity contribution in [1.29, 1.82) is 0 Å². The maximum absolute atomic E-state index is 16.6. The number of fused-ring (bicyclic) bond motifs is 15. The van der Waals surface area contributed by atoms with Crippen LogP contribution in [0.1, 0.15) is 111 Å². The molecule has 10 aromatic carbocycles. The van der Waals surface area contributed by atoms with Crippen LogP contribution in [0.15, 0.2) is 230 Å². The Bertz CT molecular complexity index is 6040. The number of primary amides is 1. The number of carbonyl (C=O) groups is 8. The molecule has 2 fully saturated rings. The lowest BCUT2D eigenvalue weighted by Gasteiger charge is -2.48. The molecule has 10 unspecified atom stereocenters. The second kappa shape index (κ2) is 40.5. The maximum atomic E-state index is 16.6. The van der Waals surface area contributed by atoms with Gasteiger partial charge in [0.05, 0.1) is 40.9 Å². The van der Waals surface area contributed by atoms with Crippen LogP contribution in [0, 0.1) is 5.92 Å². The number of aromatic hydroxyl groups is 3. The summed E-state index contributed by atoms with van der Waals surface area (Å²) in [6.07, 6.45) is -16.0. The fourth-order valence-electron chi connectivity index (χ4n) is 17.0. The molecule has 20 N–H and O–H groups in total. The van der Waals surface area contributed by atoms with Gasteiger partial charge in [0.15, 0.2) is 43.1 Å². The predicted molar refractivity (Wildman–Crippen MR) is 494 cm³/mol. The van der Waals surface area contributed by atoms with E-state index in [2.05, 4.69) is 47.6 Å². The molecule has 698 valence electrons. The zero-order chi connectivity index (χ0) is 95.5. The van der Waals surface area contributed by atoms with E-state index in [4.69, 9.17) is 69.0 Å². The molecule has 17 atom stereocenters. The topological polar surface area (TPSA) is 508 Å². The van der Waals surface area contributed by atoms with Gasteiger partial charge in [-0.3, -0.25) is 38.6 Å². The SMILES string of the molecule is CN[C@@H](CC(C)C)C(=O)N[C@H]1C(=O)N[C@@H](CC(N)=O)C(=O)NC2C(=O)NC3C(=O)N[C@H](C(=O)N[C@@H](C(=O)O)c4cc(O)cc(O)c4-c4cc3ccc4O)[C@H](O)c3ccc(c(Cl)c3)Oc3cc2cc(c3OC2OC(=CN[P+](c3ccccc3)(c3ccccc3)c3ccccc3)C(O)C(O)C2OC2CC(C)(NCc3ccc(-c4ccc(Cl)cc4)cc3)C(O)C(C)O2)Oc2ccc(cc2Cl)[C@H]1O. The summed E-state index contributed by atoms with van der Waals surface area (Å²) in [6.45, 7) is 7.21. The highest BCUT2D eigenvalue weighted by molar-refractivity contribution is 7.94. The van der Waals surface area contributed by atoms with Gasteiger partial charge in [-0.25, -0.2) is 4.79 Å². The number of hydrogen-bond acceptors (Lipinski definition) is 25. The van der Waals surface area contributed by atoms with Gasteiger partial charge >= 0.3 is 5.97 Å². The third-order valence-electron chi connectivity index (χ3n) is 24.0. The molecule has 10 aromatic rings. The Kier molecular flexibility index (Phi) is 28.9. The van der Waals surface area contributed by atoms with Crippen LogP contribution in [0.25, 0.3) is 22.3 Å². The van der Waals surface area contributed by atoms with Crippen LogP contribution in [0.4, 0.5) is 0 Å². The van der Waals surface area contributed by atoms with Gasteiger partial charge in [0.1, 0.15) is 99.3 Å². The summed E-state index contributed by atoms with van der Waals surface area (Å²) < 4.78 is 41.7. The lowest BCUT2D eigenvalue weighted by atomic mass is 9.84. The number of benzene rings is 10. The number of phenols is 3. The zero-order valence-electron chi connectivity index (χ0n) is 72.4. The van der Waals surface area contributed by atoms with Crippen molar-refractivity contribution in [2.24, 2.45) is 11.7 Å². The first-order valence-corrected chi connectivity index (χ1v) is 45.7. The number of nitrogens with one attached hydrogen (secondary N) is 9. The number of carboxylic acid groups (broad SMARTS) is 1. The van der Waals surface area contributed by atoms with Crippen molar-refractivity contribution in [3.05, 3.63) is 279 Å². The summed E-state index contributed by atoms with van der Waals surface area (Å²) in [4.78, 5) is 120. The number of aliphatic carboxylic acids is 1. The lowest BCUT2D eigenvalue weighted by molar-refractivity contribution is -0.309. The molecule has 7 aliphatic heterocycles. The van der Waals surface area contributed by atoms with Crippen molar-refractivity contribution < 1.29 is 113 Å². The Morgan fingerprint density at radius 3 is 1.74 bits per heavy atom. The number of amides is 7. The number of halogens is 3. The van der Waals surface area contributed by atoms with Crippen molar-refractivity contribution >= 4 is 105 Å². The van der Waals surface area contributed by atoms with Crippen LogP contribution < -0.4 is 83.5 Å². The second-order valence-corrected chi connectivity index (χ2v) is 38.2. The minimum atomic E-state index is -3.17. The number of aliphatic hydroxyl groups excluding tert-OH is 5. The van der Waals surface area contributed by atoms with Crippen LogP contribution in [-0.4, -0.2) is 173 Å².